The Labute approximate surface area is 106 Å². The van der Waals surface area contributed by atoms with E-state index in [9.17, 15) is 5.11 Å². The van der Waals surface area contributed by atoms with Crippen molar-refractivity contribution in [3.63, 3.8) is 0 Å². The zero-order chi connectivity index (χ0) is 12.8. The fourth-order valence-electron chi connectivity index (χ4n) is 1.54. The number of aliphatic hydroxyl groups is 1. The molecule has 94 valence electrons. The van der Waals surface area contributed by atoms with Crippen molar-refractivity contribution in [2.24, 2.45) is 0 Å². The predicted octanol–water partition coefficient (Wildman–Crippen LogP) is 2.20. The molecule has 0 radical (unpaired) electrons. The van der Waals surface area contributed by atoms with Gasteiger partial charge >= 0.3 is 0 Å². The van der Waals surface area contributed by atoms with E-state index in [1.807, 2.05) is 24.3 Å². The van der Waals surface area contributed by atoms with Gasteiger partial charge in [-0.1, -0.05) is 12.1 Å². The molecular weight excluding hydrogens is 230 g/mol. The van der Waals surface area contributed by atoms with E-state index in [-0.39, 0.29) is 6.61 Å². The molecule has 0 aliphatic rings. The smallest absolute Gasteiger partial charge is 0.123 e. The first-order valence-electron chi connectivity index (χ1n) is 5.64. The molecule has 1 aromatic carbocycles. The number of benzene rings is 1. The summed E-state index contributed by atoms with van der Waals surface area (Å²) in [5.74, 6) is 1.39. The number of aromatic nitrogens is 1. The highest BCUT2D eigenvalue weighted by Gasteiger charge is 2.08. The van der Waals surface area contributed by atoms with E-state index >= 15 is 0 Å². The average molecular weight is 245 g/mol. The Morgan fingerprint density at radius 3 is 2.78 bits per heavy atom. The number of methoxy groups -OCH3 is 1. The summed E-state index contributed by atoms with van der Waals surface area (Å²) in [5.41, 5.74) is 0.736. The Morgan fingerprint density at radius 2 is 2.06 bits per heavy atom. The van der Waals surface area contributed by atoms with Crippen molar-refractivity contribution in [2.45, 2.75) is 6.10 Å². The number of ether oxygens (including phenoxy) is 2. The second kappa shape index (κ2) is 6.02. The van der Waals surface area contributed by atoms with E-state index in [1.54, 1.807) is 31.6 Å². The first-order valence-corrected chi connectivity index (χ1v) is 5.64. The maximum Gasteiger partial charge on any atom is 0.123 e. The van der Waals surface area contributed by atoms with Crippen LogP contribution >= 0.6 is 0 Å². The number of hydrogen-bond donors (Lipinski definition) is 1. The zero-order valence-electron chi connectivity index (χ0n) is 10.1. The van der Waals surface area contributed by atoms with Crippen molar-refractivity contribution in [3.05, 3.63) is 54.4 Å². The maximum atomic E-state index is 9.91. The molecule has 0 amide bonds. The summed E-state index contributed by atoms with van der Waals surface area (Å²) >= 11 is 0. The van der Waals surface area contributed by atoms with E-state index in [0.717, 1.165) is 11.3 Å². The van der Waals surface area contributed by atoms with Crippen molar-refractivity contribution in [1.29, 1.82) is 0 Å². The summed E-state index contributed by atoms with van der Waals surface area (Å²) in [6.07, 6.45) is 2.60. The first kappa shape index (κ1) is 12.4. The molecule has 4 nitrogen and oxygen atoms in total. The molecule has 1 N–H and O–H groups in total. The molecule has 1 atom stereocenters. The number of aliphatic hydroxyl groups excluding tert-OH is 1. The van der Waals surface area contributed by atoms with Crippen LogP contribution in [0.5, 0.6) is 11.5 Å². The lowest BCUT2D eigenvalue weighted by Gasteiger charge is -2.12. The monoisotopic (exact) mass is 245 g/mol. The van der Waals surface area contributed by atoms with Gasteiger partial charge in [-0.25, -0.2) is 0 Å². The van der Waals surface area contributed by atoms with Gasteiger partial charge in [0.1, 0.15) is 24.2 Å². The molecule has 2 rings (SSSR count). The second-order valence-corrected chi connectivity index (χ2v) is 3.79. The van der Waals surface area contributed by atoms with Crippen LogP contribution in [0.1, 0.15) is 11.7 Å². The molecule has 1 unspecified atom stereocenters. The highest BCUT2D eigenvalue weighted by atomic mass is 16.5. The molecule has 0 aliphatic carbocycles. The third kappa shape index (κ3) is 3.21. The molecule has 4 heteroatoms. The third-order valence-electron chi connectivity index (χ3n) is 2.52. The lowest BCUT2D eigenvalue weighted by Crippen LogP contribution is -2.09. The lowest BCUT2D eigenvalue weighted by atomic mass is 10.2. The molecule has 18 heavy (non-hydrogen) atoms. The Balaban J connectivity index is 1.95. The highest BCUT2D eigenvalue weighted by molar-refractivity contribution is 5.32. The minimum atomic E-state index is -0.690. The molecule has 0 saturated heterocycles. The van der Waals surface area contributed by atoms with Crippen LogP contribution in [0, 0.1) is 0 Å². The minimum absolute atomic E-state index is 0.179. The van der Waals surface area contributed by atoms with Crippen molar-refractivity contribution in [3.8, 4) is 11.5 Å². The Hall–Kier alpha value is -2.07. The lowest BCUT2D eigenvalue weighted by molar-refractivity contribution is 0.108. The second-order valence-electron chi connectivity index (χ2n) is 3.79. The van der Waals surface area contributed by atoms with Gasteiger partial charge in [0, 0.05) is 24.0 Å². The van der Waals surface area contributed by atoms with Crippen LogP contribution in [0.3, 0.4) is 0 Å². The molecule has 0 spiro atoms. The van der Waals surface area contributed by atoms with Gasteiger partial charge in [-0.15, -0.1) is 0 Å². The van der Waals surface area contributed by atoms with Crippen LogP contribution in [-0.2, 0) is 0 Å². The minimum Gasteiger partial charge on any atom is -0.497 e. The Kier molecular flexibility index (Phi) is 4.15. The van der Waals surface area contributed by atoms with Crippen molar-refractivity contribution >= 4 is 0 Å². The van der Waals surface area contributed by atoms with Crippen molar-refractivity contribution in [2.75, 3.05) is 13.7 Å². The summed E-state index contributed by atoms with van der Waals surface area (Å²) in [6, 6.07) is 10.9. The average Bonchev–Trinajstić information content (AvgIpc) is 2.46. The summed E-state index contributed by atoms with van der Waals surface area (Å²) in [4.78, 5) is 3.95. The van der Waals surface area contributed by atoms with Gasteiger partial charge in [0.15, 0.2) is 0 Å². The van der Waals surface area contributed by atoms with Gasteiger partial charge in [-0.2, -0.15) is 0 Å². The van der Waals surface area contributed by atoms with Crippen molar-refractivity contribution < 1.29 is 14.6 Å². The first-order chi connectivity index (χ1) is 8.79. The van der Waals surface area contributed by atoms with Gasteiger partial charge in [-0.3, -0.25) is 4.98 Å². The summed E-state index contributed by atoms with van der Waals surface area (Å²) < 4.78 is 10.6. The van der Waals surface area contributed by atoms with Gasteiger partial charge in [-0.05, 0) is 18.2 Å². The van der Waals surface area contributed by atoms with Crippen LogP contribution in [0.2, 0.25) is 0 Å². The van der Waals surface area contributed by atoms with Crippen LogP contribution < -0.4 is 9.47 Å². The highest BCUT2D eigenvalue weighted by Crippen LogP contribution is 2.20. The van der Waals surface area contributed by atoms with E-state index in [2.05, 4.69) is 4.98 Å². The van der Waals surface area contributed by atoms with E-state index in [0.29, 0.717) is 5.75 Å². The number of pyridine rings is 1. The molecule has 0 fully saturated rings. The molecule has 0 bridgehead atoms. The predicted molar refractivity (Wildman–Crippen MR) is 67.7 cm³/mol. The molecule has 1 aromatic heterocycles. The summed E-state index contributed by atoms with van der Waals surface area (Å²) in [6.45, 7) is 0.179. The quantitative estimate of drug-likeness (QED) is 0.877. The molecule has 0 aliphatic heterocycles. The molecule has 0 saturated carbocycles. The fourth-order valence-corrected chi connectivity index (χ4v) is 1.54. The standard InChI is InChI=1S/C14H15NO3/c1-17-12-5-2-6-13(8-12)18-10-14(16)11-4-3-7-15-9-11/h2-9,14,16H,10H2,1H3. The van der Waals surface area contributed by atoms with Crippen LogP contribution in [0.15, 0.2) is 48.8 Å². The third-order valence-corrected chi connectivity index (χ3v) is 2.52. The Morgan fingerprint density at radius 1 is 1.22 bits per heavy atom. The number of rotatable bonds is 5. The molecular formula is C14H15NO3. The molecule has 2 aromatic rings. The largest absolute Gasteiger partial charge is 0.497 e. The summed E-state index contributed by atoms with van der Waals surface area (Å²) in [7, 11) is 1.60. The van der Waals surface area contributed by atoms with Crippen LogP contribution in [-0.4, -0.2) is 23.8 Å². The van der Waals surface area contributed by atoms with E-state index in [4.69, 9.17) is 9.47 Å². The van der Waals surface area contributed by atoms with Gasteiger partial charge in [0.2, 0.25) is 0 Å². The molecule has 1 heterocycles. The summed E-state index contributed by atoms with van der Waals surface area (Å²) in [5, 5.41) is 9.91. The number of nitrogens with zero attached hydrogens (tertiary/aromatic N) is 1. The van der Waals surface area contributed by atoms with Crippen molar-refractivity contribution in [1.82, 2.24) is 4.98 Å². The SMILES string of the molecule is COc1cccc(OCC(O)c2cccnc2)c1. The number of hydrogen-bond acceptors (Lipinski definition) is 4. The van der Waals surface area contributed by atoms with E-state index < -0.39 is 6.10 Å². The van der Waals surface area contributed by atoms with Crippen LogP contribution in [0.4, 0.5) is 0 Å². The van der Waals surface area contributed by atoms with Gasteiger partial charge in [0.05, 0.1) is 7.11 Å². The van der Waals surface area contributed by atoms with Gasteiger partial charge in [0.25, 0.3) is 0 Å². The van der Waals surface area contributed by atoms with Crippen LogP contribution in [0.25, 0.3) is 0 Å². The van der Waals surface area contributed by atoms with Gasteiger partial charge < -0.3 is 14.6 Å². The normalized spacial score (nSPS) is 11.9. The fraction of sp³-hybridized carbons (Fsp3) is 0.214. The van der Waals surface area contributed by atoms with E-state index in [1.165, 1.54) is 0 Å². The topological polar surface area (TPSA) is 51.6 Å². The Bertz CT molecular complexity index is 487. The zero-order valence-corrected chi connectivity index (χ0v) is 10.1. The maximum absolute atomic E-state index is 9.91.